The minimum atomic E-state index is -1.54. The van der Waals surface area contributed by atoms with Crippen molar-refractivity contribution >= 4 is 17.7 Å². The second kappa shape index (κ2) is 8.08. The quantitative estimate of drug-likeness (QED) is 0.808. The van der Waals surface area contributed by atoms with Crippen molar-refractivity contribution < 1.29 is 23.9 Å². The molecule has 1 amide bonds. The third-order valence-corrected chi connectivity index (χ3v) is 4.88. The minimum Gasteiger partial charge on any atom is -0.496 e. The number of para-hydroxylation sites is 1. The average molecular weight is 379 g/mol. The van der Waals surface area contributed by atoms with Gasteiger partial charge in [0.15, 0.2) is 11.3 Å². The van der Waals surface area contributed by atoms with E-state index in [1.807, 2.05) is 0 Å². The lowest BCUT2D eigenvalue weighted by molar-refractivity contribution is -0.147. The molecule has 2 atom stereocenters. The smallest absolute Gasteiger partial charge is 0.336 e. The molecule has 0 radical (unpaired) electrons. The van der Waals surface area contributed by atoms with E-state index < -0.39 is 23.3 Å². The van der Waals surface area contributed by atoms with Gasteiger partial charge in [-0.05, 0) is 30.4 Å². The fourth-order valence-corrected chi connectivity index (χ4v) is 3.49. The molecule has 0 unspecified atom stereocenters. The number of rotatable bonds is 5. The highest BCUT2D eigenvalue weighted by Gasteiger charge is 2.50. The molecule has 28 heavy (non-hydrogen) atoms. The first-order valence-electron chi connectivity index (χ1n) is 8.82. The zero-order chi connectivity index (χ0) is 20.1. The number of ether oxygens (including phenoxy) is 2. The van der Waals surface area contributed by atoms with Crippen molar-refractivity contribution in [1.82, 2.24) is 5.32 Å². The molecule has 0 saturated carbocycles. The van der Waals surface area contributed by atoms with Gasteiger partial charge < -0.3 is 14.8 Å². The lowest BCUT2D eigenvalue weighted by Crippen LogP contribution is -2.59. The van der Waals surface area contributed by atoms with Crippen LogP contribution in [0.2, 0.25) is 0 Å². The maximum absolute atomic E-state index is 12.9. The lowest BCUT2D eigenvalue weighted by atomic mass is 9.72. The van der Waals surface area contributed by atoms with Crippen molar-refractivity contribution in [2.75, 3.05) is 14.2 Å². The van der Waals surface area contributed by atoms with Crippen molar-refractivity contribution in [2.24, 2.45) is 0 Å². The Balaban J connectivity index is 2.12. The number of benzene rings is 2. The summed E-state index contributed by atoms with van der Waals surface area (Å²) in [5.41, 5.74) is -0.499. The van der Waals surface area contributed by atoms with E-state index in [4.69, 9.17) is 9.47 Å². The van der Waals surface area contributed by atoms with Gasteiger partial charge in [-0.25, -0.2) is 4.79 Å². The zero-order valence-electron chi connectivity index (χ0n) is 15.7. The van der Waals surface area contributed by atoms with Gasteiger partial charge in [0.2, 0.25) is 0 Å². The summed E-state index contributed by atoms with van der Waals surface area (Å²) in [5.74, 6) is -1.40. The summed E-state index contributed by atoms with van der Waals surface area (Å²) in [6, 6.07) is 15.7. The van der Waals surface area contributed by atoms with E-state index in [1.165, 1.54) is 26.4 Å². The highest BCUT2D eigenvalue weighted by Crippen LogP contribution is 2.41. The molecule has 1 aliphatic carbocycles. The summed E-state index contributed by atoms with van der Waals surface area (Å²) in [5, 5.41) is 2.81. The molecule has 2 aromatic rings. The van der Waals surface area contributed by atoms with Gasteiger partial charge in [-0.15, -0.1) is 0 Å². The maximum Gasteiger partial charge on any atom is 0.336 e. The number of amides is 1. The van der Waals surface area contributed by atoms with Crippen LogP contribution in [-0.4, -0.2) is 37.4 Å². The summed E-state index contributed by atoms with van der Waals surface area (Å²) < 4.78 is 10.5. The molecule has 0 saturated heterocycles. The Labute approximate surface area is 163 Å². The van der Waals surface area contributed by atoms with Gasteiger partial charge in [-0.2, -0.15) is 0 Å². The third-order valence-electron chi connectivity index (χ3n) is 4.88. The number of hydrogen-bond donors (Lipinski definition) is 1. The van der Waals surface area contributed by atoms with E-state index >= 15 is 0 Å². The van der Waals surface area contributed by atoms with Gasteiger partial charge in [0.1, 0.15) is 5.75 Å². The van der Waals surface area contributed by atoms with Crippen LogP contribution >= 0.6 is 0 Å². The summed E-state index contributed by atoms with van der Waals surface area (Å²) in [6.45, 7) is 0. The molecule has 0 aliphatic heterocycles. The predicted octanol–water partition coefficient (Wildman–Crippen LogP) is 2.65. The van der Waals surface area contributed by atoms with E-state index in [9.17, 15) is 14.4 Å². The molecule has 3 rings (SSSR count). The van der Waals surface area contributed by atoms with Crippen LogP contribution < -0.4 is 10.1 Å². The Kier molecular flexibility index (Phi) is 5.59. The van der Waals surface area contributed by atoms with Crippen LogP contribution in [0, 0.1) is 0 Å². The Bertz CT molecular complexity index is 922. The van der Waals surface area contributed by atoms with Crippen molar-refractivity contribution in [2.45, 2.75) is 17.9 Å². The van der Waals surface area contributed by atoms with Crippen molar-refractivity contribution in [3.63, 3.8) is 0 Å². The van der Waals surface area contributed by atoms with Crippen molar-refractivity contribution in [3.8, 4) is 5.75 Å². The summed E-state index contributed by atoms with van der Waals surface area (Å²) in [6.07, 6.45) is 2.76. The molecule has 0 aromatic heterocycles. The maximum atomic E-state index is 12.9. The number of carbonyl (C=O) groups excluding carboxylic acids is 3. The fourth-order valence-electron chi connectivity index (χ4n) is 3.49. The third kappa shape index (κ3) is 3.53. The van der Waals surface area contributed by atoms with E-state index in [0.717, 1.165) is 0 Å². The summed E-state index contributed by atoms with van der Waals surface area (Å²) in [7, 11) is 2.77. The highest BCUT2D eigenvalue weighted by atomic mass is 16.5. The Hall–Kier alpha value is -3.41. The molecule has 144 valence electrons. The second-order valence-corrected chi connectivity index (χ2v) is 6.48. The molecule has 0 fully saturated rings. The van der Waals surface area contributed by atoms with Crippen LogP contribution in [0.15, 0.2) is 66.7 Å². The molecule has 6 nitrogen and oxygen atoms in total. The number of ketones is 1. The van der Waals surface area contributed by atoms with E-state index in [2.05, 4.69) is 5.32 Å². The van der Waals surface area contributed by atoms with E-state index in [-0.39, 0.29) is 12.2 Å². The number of carbonyl (C=O) groups is 3. The SMILES string of the molecule is COC(=O)[C@@]1(NC(=O)c2ccccc2)C=CC(=O)C[C@@H]1c1ccccc1OC. The monoisotopic (exact) mass is 379 g/mol. The highest BCUT2D eigenvalue weighted by molar-refractivity contribution is 6.02. The van der Waals surface area contributed by atoms with Crippen LogP contribution in [0.25, 0.3) is 0 Å². The van der Waals surface area contributed by atoms with Gasteiger partial charge in [0.05, 0.1) is 14.2 Å². The van der Waals surface area contributed by atoms with Gasteiger partial charge in [0.25, 0.3) is 5.91 Å². The average Bonchev–Trinajstić information content (AvgIpc) is 2.75. The van der Waals surface area contributed by atoms with Gasteiger partial charge in [-0.1, -0.05) is 36.4 Å². The molecular formula is C22H21NO5. The number of hydrogen-bond acceptors (Lipinski definition) is 5. The molecule has 1 N–H and O–H groups in total. The van der Waals surface area contributed by atoms with Gasteiger partial charge in [0, 0.05) is 23.5 Å². The van der Waals surface area contributed by atoms with Crippen molar-refractivity contribution in [3.05, 3.63) is 77.9 Å². The molecule has 2 aromatic carbocycles. The number of nitrogens with one attached hydrogen (secondary N) is 1. The largest absolute Gasteiger partial charge is 0.496 e. The Morgan fingerprint density at radius 2 is 1.71 bits per heavy atom. The predicted molar refractivity (Wildman–Crippen MR) is 103 cm³/mol. The number of methoxy groups -OCH3 is 2. The lowest BCUT2D eigenvalue weighted by Gasteiger charge is -2.39. The zero-order valence-corrected chi connectivity index (χ0v) is 15.7. The fraction of sp³-hybridized carbons (Fsp3) is 0.227. The van der Waals surface area contributed by atoms with Gasteiger partial charge in [-0.3, -0.25) is 9.59 Å². The van der Waals surface area contributed by atoms with Crippen LogP contribution in [0.1, 0.15) is 28.3 Å². The normalized spacial score (nSPS) is 21.1. The first-order chi connectivity index (χ1) is 13.5. The molecule has 6 heteroatoms. The van der Waals surface area contributed by atoms with Crippen LogP contribution in [0.5, 0.6) is 5.75 Å². The number of allylic oxidation sites excluding steroid dienone is 1. The Morgan fingerprint density at radius 3 is 2.39 bits per heavy atom. The summed E-state index contributed by atoms with van der Waals surface area (Å²) >= 11 is 0. The minimum absolute atomic E-state index is 0.0288. The molecule has 0 bridgehead atoms. The van der Waals surface area contributed by atoms with E-state index in [0.29, 0.717) is 16.9 Å². The van der Waals surface area contributed by atoms with Crippen LogP contribution in [-0.2, 0) is 14.3 Å². The van der Waals surface area contributed by atoms with Crippen molar-refractivity contribution in [1.29, 1.82) is 0 Å². The summed E-state index contributed by atoms with van der Waals surface area (Å²) in [4.78, 5) is 38.0. The molecular weight excluding hydrogens is 358 g/mol. The number of esters is 1. The Morgan fingerprint density at radius 1 is 1.04 bits per heavy atom. The molecule has 0 spiro atoms. The van der Waals surface area contributed by atoms with Crippen LogP contribution in [0.4, 0.5) is 0 Å². The molecule has 1 aliphatic rings. The van der Waals surface area contributed by atoms with E-state index in [1.54, 1.807) is 54.6 Å². The standard InChI is InChI=1S/C22H21NO5/c1-27-19-11-7-6-10-17(19)18-14-16(24)12-13-22(18,21(26)28-2)23-20(25)15-8-4-3-5-9-15/h3-13,18H,14H2,1-2H3,(H,23,25)/t18-,22-/m1/s1. The first-order valence-corrected chi connectivity index (χ1v) is 8.82. The topological polar surface area (TPSA) is 81.7 Å². The van der Waals surface area contributed by atoms with Crippen LogP contribution in [0.3, 0.4) is 0 Å². The van der Waals surface area contributed by atoms with Gasteiger partial charge >= 0.3 is 5.97 Å². The first kappa shape index (κ1) is 19.4. The molecule has 0 heterocycles. The second-order valence-electron chi connectivity index (χ2n) is 6.48.